The number of hydrogen-bond donors (Lipinski definition) is 5. The van der Waals surface area contributed by atoms with Crippen molar-refractivity contribution in [3.8, 4) is 0 Å². The molecule has 4 fully saturated rings. The summed E-state index contributed by atoms with van der Waals surface area (Å²) in [5.74, 6) is -2.89. The van der Waals surface area contributed by atoms with Gasteiger partial charge in [-0.15, -0.1) is 0 Å². The Balaban J connectivity index is 1.38. The number of aromatic nitrogens is 2. The van der Waals surface area contributed by atoms with Gasteiger partial charge in [0.05, 0.1) is 6.04 Å². The highest BCUT2D eigenvalue weighted by Gasteiger charge is 2.49. The van der Waals surface area contributed by atoms with E-state index in [-0.39, 0.29) is 35.5 Å². The maximum Gasteiger partial charge on any atom is 0.289 e. The van der Waals surface area contributed by atoms with E-state index in [0.29, 0.717) is 25.8 Å². The molecule has 1 aromatic rings. The number of Topliss-reactive ketones (excluding diaryl/α,β-unsaturated/α-hetero) is 1. The second-order valence-corrected chi connectivity index (χ2v) is 16.4. The van der Waals surface area contributed by atoms with Gasteiger partial charge in [-0.2, -0.15) is 0 Å². The number of H-pyrrole nitrogens is 1. The summed E-state index contributed by atoms with van der Waals surface area (Å²) in [5.41, 5.74) is -0.736. The highest BCUT2D eigenvalue weighted by atomic mass is 16.2. The van der Waals surface area contributed by atoms with Gasteiger partial charge < -0.3 is 31.2 Å². The molecule has 282 valence electrons. The molecular weight excluding hydrogens is 650 g/mol. The van der Waals surface area contributed by atoms with Crippen LogP contribution in [0.3, 0.4) is 0 Å². The fraction of sp³-hybridized carbons (Fsp3) is 0.763. The molecule has 5 amide bonds. The molecule has 51 heavy (non-hydrogen) atoms. The van der Waals surface area contributed by atoms with Gasteiger partial charge in [-0.05, 0) is 61.7 Å². The molecule has 0 radical (unpaired) electrons. The van der Waals surface area contributed by atoms with Gasteiger partial charge in [0.15, 0.2) is 5.82 Å². The minimum atomic E-state index is -0.991. The SMILES string of the molecule is CCC[C@H](NC(=O)[C@@H]1[C@@H](C2CCCCC2)CCN1C(=O)[C@@H](NC(=O)[C@@H](NC(=O)c1ncc[nH]1)C1CCCCC1)C(C)(C)C)C(=O)C(=O)NC1CC1. The Morgan fingerprint density at radius 1 is 0.882 bits per heavy atom. The number of hydrogen-bond acceptors (Lipinski definition) is 7. The number of nitrogens with zero attached hydrogens (tertiary/aromatic N) is 2. The van der Waals surface area contributed by atoms with E-state index in [0.717, 1.165) is 77.0 Å². The highest BCUT2D eigenvalue weighted by Crippen LogP contribution is 2.40. The van der Waals surface area contributed by atoms with Crippen molar-refractivity contribution in [2.45, 2.75) is 154 Å². The largest absolute Gasteiger partial charge is 0.347 e. The van der Waals surface area contributed by atoms with E-state index < -0.39 is 59.0 Å². The lowest BCUT2D eigenvalue weighted by molar-refractivity contribution is -0.146. The van der Waals surface area contributed by atoms with Crippen molar-refractivity contribution in [1.82, 2.24) is 36.1 Å². The zero-order valence-electron chi connectivity index (χ0n) is 30.9. The smallest absolute Gasteiger partial charge is 0.289 e. The third-order valence-electron chi connectivity index (χ3n) is 11.4. The quantitative estimate of drug-likeness (QED) is 0.183. The lowest BCUT2D eigenvalue weighted by Crippen LogP contribution is -2.62. The molecule has 1 aliphatic heterocycles. The lowest BCUT2D eigenvalue weighted by atomic mass is 9.76. The monoisotopic (exact) mass is 709 g/mol. The summed E-state index contributed by atoms with van der Waals surface area (Å²) in [4.78, 5) is 90.9. The summed E-state index contributed by atoms with van der Waals surface area (Å²) in [6.45, 7) is 7.88. The molecule has 0 spiro atoms. The molecule has 13 nitrogen and oxygen atoms in total. The number of likely N-dealkylation sites (tertiary alicyclic amines) is 1. The van der Waals surface area contributed by atoms with Crippen LogP contribution in [0.2, 0.25) is 0 Å². The maximum atomic E-state index is 14.8. The van der Waals surface area contributed by atoms with Gasteiger partial charge in [-0.3, -0.25) is 28.8 Å². The normalized spacial score (nSPS) is 23.5. The first kappa shape index (κ1) is 38.5. The molecule has 3 aliphatic carbocycles. The third-order valence-corrected chi connectivity index (χ3v) is 11.4. The number of amides is 5. The van der Waals surface area contributed by atoms with E-state index in [1.54, 1.807) is 11.1 Å². The molecule has 0 unspecified atom stereocenters. The summed E-state index contributed by atoms with van der Waals surface area (Å²) in [6, 6.07) is -3.67. The maximum absolute atomic E-state index is 14.8. The number of aromatic amines is 1. The first-order valence-corrected chi connectivity index (χ1v) is 19.4. The summed E-state index contributed by atoms with van der Waals surface area (Å²) in [5, 5.41) is 11.6. The van der Waals surface area contributed by atoms with Crippen LogP contribution in [0, 0.1) is 23.2 Å². The van der Waals surface area contributed by atoms with Gasteiger partial charge in [0, 0.05) is 25.0 Å². The van der Waals surface area contributed by atoms with Crippen molar-refractivity contribution in [1.29, 1.82) is 0 Å². The van der Waals surface area contributed by atoms with Crippen LogP contribution in [0.5, 0.6) is 0 Å². The van der Waals surface area contributed by atoms with Crippen molar-refractivity contribution in [2.24, 2.45) is 23.2 Å². The van der Waals surface area contributed by atoms with Crippen molar-refractivity contribution in [3.63, 3.8) is 0 Å². The molecule has 0 bridgehead atoms. The van der Waals surface area contributed by atoms with Crippen molar-refractivity contribution in [2.75, 3.05) is 6.54 Å². The second kappa shape index (κ2) is 17.2. The van der Waals surface area contributed by atoms with E-state index in [1.807, 2.05) is 27.7 Å². The predicted molar refractivity (Wildman–Crippen MR) is 191 cm³/mol. The molecule has 0 aromatic carbocycles. The van der Waals surface area contributed by atoms with Crippen LogP contribution in [-0.4, -0.2) is 86.9 Å². The zero-order valence-corrected chi connectivity index (χ0v) is 30.9. The number of carbonyl (C=O) groups is 6. The van der Waals surface area contributed by atoms with Crippen LogP contribution in [0.1, 0.15) is 135 Å². The van der Waals surface area contributed by atoms with E-state index >= 15 is 0 Å². The number of carbonyl (C=O) groups excluding carboxylic acids is 6. The molecule has 13 heteroatoms. The van der Waals surface area contributed by atoms with Crippen molar-refractivity contribution in [3.05, 3.63) is 18.2 Å². The van der Waals surface area contributed by atoms with Crippen LogP contribution in [0.15, 0.2) is 12.4 Å². The summed E-state index contributed by atoms with van der Waals surface area (Å²) in [7, 11) is 0. The Morgan fingerprint density at radius 3 is 2.14 bits per heavy atom. The Bertz CT molecular complexity index is 1390. The molecular formula is C38H59N7O6. The van der Waals surface area contributed by atoms with Crippen LogP contribution in [-0.2, 0) is 24.0 Å². The van der Waals surface area contributed by atoms with Gasteiger partial charge >= 0.3 is 0 Å². The van der Waals surface area contributed by atoms with Gasteiger partial charge in [-0.1, -0.05) is 85.5 Å². The minimum Gasteiger partial charge on any atom is -0.347 e. The van der Waals surface area contributed by atoms with Gasteiger partial charge in [0.2, 0.25) is 23.5 Å². The average molecular weight is 710 g/mol. The van der Waals surface area contributed by atoms with Gasteiger partial charge in [0.1, 0.15) is 18.1 Å². The Labute approximate surface area is 302 Å². The van der Waals surface area contributed by atoms with Crippen LogP contribution in [0.4, 0.5) is 0 Å². The number of nitrogens with one attached hydrogen (secondary N) is 5. The van der Waals surface area contributed by atoms with E-state index in [1.165, 1.54) is 6.20 Å². The zero-order chi connectivity index (χ0) is 36.7. The first-order valence-electron chi connectivity index (χ1n) is 19.4. The predicted octanol–water partition coefficient (Wildman–Crippen LogP) is 3.55. The molecule has 3 saturated carbocycles. The highest BCUT2D eigenvalue weighted by molar-refractivity contribution is 6.38. The number of rotatable bonds is 14. The Kier molecular flexibility index (Phi) is 12.9. The molecule has 1 saturated heterocycles. The van der Waals surface area contributed by atoms with Crippen LogP contribution in [0.25, 0.3) is 0 Å². The Hall–Kier alpha value is -3.77. The van der Waals surface area contributed by atoms with E-state index in [9.17, 15) is 28.8 Å². The third kappa shape index (κ3) is 9.77. The molecule has 5 N–H and O–H groups in total. The Morgan fingerprint density at radius 2 is 1.55 bits per heavy atom. The number of ketones is 1. The van der Waals surface area contributed by atoms with Gasteiger partial charge in [0.25, 0.3) is 11.8 Å². The number of imidazole rings is 1. The summed E-state index contributed by atoms with van der Waals surface area (Å²) < 4.78 is 0. The average Bonchev–Trinajstić information content (AvgIpc) is 3.55. The molecule has 5 atom stereocenters. The lowest BCUT2D eigenvalue weighted by Gasteiger charge is -2.39. The fourth-order valence-corrected chi connectivity index (χ4v) is 8.42. The summed E-state index contributed by atoms with van der Waals surface area (Å²) in [6.07, 6.45) is 16.0. The minimum absolute atomic E-state index is 0.0127. The van der Waals surface area contributed by atoms with Crippen LogP contribution < -0.4 is 21.3 Å². The second-order valence-electron chi connectivity index (χ2n) is 16.4. The molecule has 1 aromatic heterocycles. The molecule has 5 rings (SSSR count). The van der Waals surface area contributed by atoms with Gasteiger partial charge in [-0.25, -0.2) is 4.98 Å². The van der Waals surface area contributed by atoms with E-state index in [4.69, 9.17) is 0 Å². The van der Waals surface area contributed by atoms with Crippen LogP contribution >= 0.6 is 0 Å². The van der Waals surface area contributed by atoms with Crippen molar-refractivity contribution >= 4 is 35.3 Å². The topological polar surface area (TPSA) is 182 Å². The molecule has 2 heterocycles. The summed E-state index contributed by atoms with van der Waals surface area (Å²) >= 11 is 0. The van der Waals surface area contributed by atoms with E-state index in [2.05, 4.69) is 31.2 Å². The first-order chi connectivity index (χ1) is 24.4. The molecule has 4 aliphatic rings. The fourth-order valence-electron chi connectivity index (χ4n) is 8.42. The standard InChI is InChI=1S/C38H59N7O6/c1-5-12-27(30(46)35(49)41-25-17-18-25)42-34(48)29-26(23-13-8-6-9-14-23)19-22-45(29)37(51)31(38(2,3)4)44-33(47)28(24-15-10-7-11-16-24)43-36(50)32-39-20-21-40-32/h20-21,23-29,31H,5-19,22H2,1-4H3,(H,39,40)(H,41,49)(H,42,48)(H,43,50)(H,44,47)/t26-,27+,28+,29+,31-/m1/s1. The van der Waals surface area contributed by atoms with Crippen molar-refractivity contribution < 1.29 is 28.8 Å².